The maximum atomic E-state index is 13.0. The van der Waals surface area contributed by atoms with Crippen LogP contribution in [0.3, 0.4) is 0 Å². The van der Waals surface area contributed by atoms with Crippen LogP contribution in [0.1, 0.15) is 58.1 Å². The first kappa shape index (κ1) is 14.5. The van der Waals surface area contributed by atoms with E-state index in [-0.39, 0.29) is 5.82 Å². The van der Waals surface area contributed by atoms with Gasteiger partial charge in [0.1, 0.15) is 5.82 Å². The Morgan fingerprint density at radius 1 is 1.21 bits per heavy atom. The van der Waals surface area contributed by atoms with Crippen molar-refractivity contribution in [2.45, 2.75) is 58.5 Å². The zero-order valence-corrected chi connectivity index (χ0v) is 12.3. The number of benzene rings is 1. The van der Waals surface area contributed by atoms with Crippen LogP contribution in [0.15, 0.2) is 24.3 Å². The SMILES string of the molecule is CCC(NC1CCCC(C)C1C)c1ccc(F)cc1. The molecule has 2 rings (SSSR count). The van der Waals surface area contributed by atoms with Gasteiger partial charge in [0.2, 0.25) is 0 Å². The zero-order chi connectivity index (χ0) is 13.8. The standard InChI is InChI=1S/C17H26FN/c1-4-16(14-8-10-15(18)11-9-14)19-17-7-5-6-12(2)13(17)3/h8-13,16-17,19H,4-7H2,1-3H3. The maximum absolute atomic E-state index is 13.0. The topological polar surface area (TPSA) is 12.0 Å². The quantitative estimate of drug-likeness (QED) is 0.831. The number of hydrogen-bond acceptors (Lipinski definition) is 1. The van der Waals surface area contributed by atoms with E-state index >= 15 is 0 Å². The molecule has 0 aliphatic heterocycles. The lowest BCUT2D eigenvalue weighted by Crippen LogP contribution is -2.42. The van der Waals surface area contributed by atoms with E-state index in [9.17, 15) is 4.39 Å². The van der Waals surface area contributed by atoms with Crippen molar-refractivity contribution in [1.29, 1.82) is 0 Å². The fourth-order valence-electron chi connectivity index (χ4n) is 3.22. The van der Waals surface area contributed by atoms with Gasteiger partial charge in [-0.3, -0.25) is 0 Å². The Labute approximate surface area is 116 Å². The van der Waals surface area contributed by atoms with E-state index in [1.165, 1.54) is 24.8 Å². The van der Waals surface area contributed by atoms with Crippen molar-refractivity contribution in [3.05, 3.63) is 35.6 Å². The molecule has 1 nitrogen and oxygen atoms in total. The fourth-order valence-corrected chi connectivity index (χ4v) is 3.22. The van der Waals surface area contributed by atoms with Gasteiger partial charge in [0, 0.05) is 12.1 Å². The molecule has 1 fully saturated rings. The third-order valence-corrected chi connectivity index (χ3v) is 4.80. The summed E-state index contributed by atoms with van der Waals surface area (Å²) in [5, 5.41) is 3.80. The minimum Gasteiger partial charge on any atom is -0.307 e. The Morgan fingerprint density at radius 3 is 2.53 bits per heavy atom. The molecule has 0 spiro atoms. The minimum absolute atomic E-state index is 0.154. The molecule has 2 heteroatoms. The number of halogens is 1. The van der Waals surface area contributed by atoms with Crippen molar-refractivity contribution in [2.24, 2.45) is 11.8 Å². The second-order valence-corrected chi connectivity index (χ2v) is 6.05. The lowest BCUT2D eigenvalue weighted by molar-refractivity contribution is 0.192. The van der Waals surface area contributed by atoms with E-state index in [1.807, 2.05) is 12.1 Å². The molecule has 1 aliphatic rings. The van der Waals surface area contributed by atoms with Gasteiger partial charge in [-0.2, -0.15) is 0 Å². The molecular weight excluding hydrogens is 237 g/mol. The number of rotatable bonds is 4. The first-order valence-electron chi connectivity index (χ1n) is 7.63. The second-order valence-electron chi connectivity index (χ2n) is 6.05. The minimum atomic E-state index is -0.154. The molecule has 19 heavy (non-hydrogen) atoms. The van der Waals surface area contributed by atoms with Crippen LogP contribution in [-0.4, -0.2) is 6.04 Å². The summed E-state index contributed by atoms with van der Waals surface area (Å²) in [5.74, 6) is 1.37. The molecule has 0 aromatic heterocycles. The van der Waals surface area contributed by atoms with Crippen LogP contribution in [0.4, 0.5) is 4.39 Å². The Hall–Kier alpha value is -0.890. The van der Waals surface area contributed by atoms with Crippen LogP contribution in [-0.2, 0) is 0 Å². The molecule has 1 aliphatic carbocycles. The normalized spacial score (nSPS) is 29.2. The van der Waals surface area contributed by atoms with Gasteiger partial charge >= 0.3 is 0 Å². The lowest BCUT2D eigenvalue weighted by atomic mass is 9.77. The first-order valence-corrected chi connectivity index (χ1v) is 7.63. The molecule has 106 valence electrons. The van der Waals surface area contributed by atoms with Gasteiger partial charge in [0.25, 0.3) is 0 Å². The van der Waals surface area contributed by atoms with Gasteiger partial charge in [0.05, 0.1) is 0 Å². The summed E-state index contributed by atoms with van der Waals surface area (Å²) < 4.78 is 13.0. The summed E-state index contributed by atoms with van der Waals surface area (Å²) in [6, 6.07) is 7.89. The van der Waals surface area contributed by atoms with Gasteiger partial charge in [-0.15, -0.1) is 0 Å². The molecule has 0 bridgehead atoms. The molecular formula is C17H26FN. The Kier molecular flexibility index (Phi) is 4.98. The summed E-state index contributed by atoms with van der Waals surface area (Å²) >= 11 is 0. The summed E-state index contributed by atoms with van der Waals surface area (Å²) in [4.78, 5) is 0. The van der Waals surface area contributed by atoms with Crippen LogP contribution >= 0.6 is 0 Å². The van der Waals surface area contributed by atoms with Gasteiger partial charge in [-0.05, 0) is 42.4 Å². The average Bonchev–Trinajstić information content (AvgIpc) is 2.42. The van der Waals surface area contributed by atoms with E-state index in [1.54, 1.807) is 12.1 Å². The molecule has 0 radical (unpaired) electrons. The molecule has 1 aromatic carbocycles. The highest BCUT2D eigenvalue weighted by Gasteiger charge is 2.28. The lowest BCUT2D eigenvalue weighted by Gasteiger charge is -2.37. The van der Waals surface area contributed by atoms with E-state index < -0.39 is 0 Å². The summed E-state index contributed by atoms with van der Waals surface area (Å²) in [6.45, 7) is 6.91. The van der Waals surface area contributed by atoms with Crippen LogP contribution in [0.5, 0.6) is 0 Å². The molecule has 0 heterocycles. The molecule has 4 unspecified atom stereocenters. The highest BCUT2D eigenvalue weighted by atomic mass is 19.1. The van der Waals surface area contributed by atoms with E-state index in [0.29, 0.717) is 12.1 Å². The van der Waals surface area contributed by atoms with E-state index in [0.717, 1.165) is 18.3 Å². The van der Waals surface area contributed by atoms with Crippen molar-refractivity contribution in [2.75, 3.05) is 0 Å². The Balaban J connectivity index is 2.04. The monoisotopic (exact) mass is 263 g/mol. The van der Waals surface area contributed by atoms with Crippen LogP contribution in [0.2, 0.25) is 0 Å². The smallest absolute Gasteiger partial charge is 0.123 e. The average molecular weight is 263 g/mol. The molecule has 0 saturated heterocycles. The van der Waals surface area contributed by atoms with Gasteiger partial charge in [0.15, 0.2) is 0 Å². The highest BCUT2D eigenvalue weighted by molar-refractivity contribution is 5.20. The number of nitrogens with one attached hydrogen (secondary N) is 1. The summed E-state index contributed by atoms with van der Waals surface area (Å²) in [5.41, 5.74) is 1.20. The largest absolute Gasteiger partial charge is 0.307 e. The van der Waals surface area contributed by atoms with Crippen molar-refractivity contribution in [1.82, 2.24) is 5.32 Å². The van der Waals surface area contributed by atoms with Crippen LogP contribution in [0.25, 0.3) is 0 Å². The molecule has 1 N–H and O–H groups in total. The van der Waals surface area contributed by atoms with Crippen LogP contribution in [0, 0.1) is 17.7 Å². The van der Waals surface area contributed by atoms with Crippen molar-refractivity contribution >= 4 is 0 Å². The van der Waals surface area contributed by atoms with E-state index in [4.69, 9.17) is 0 Å². The molecule has 1 aromatic rings. The molecule has 0 amide bonds. The molecule has 4 atom stereocenters. The fraction of sp³-hybridized carbons (Fsp3) is 0.647. The van der Waals surface area contributed by atoms with Gasteiger partial charge in [-0.1, -0.05) is 45.7 Å². The Bertz CT molecular complexity index is 387. The third-order valence-electron chi connectivity index (χ3n) is 4.80. The highest BCUT2D eigenvalue weighted by Crippen LogP contribution is 2.31. The third kappa shape index (κ3) is 3.56. The van der Waals surface area contributed by atoms with Crippen molar-refractivity contribution in [3.8, 4) is 0 Å². The molecule has 1 saturated carbocycles. The van der Waals surface area contributed by atoms with Crippen LogP contribution < -0.4 is 5.32 Å². The Morgan fingerprint density at radius 2 is 1.89 bits per heavy atom. The predicted molar refractivity (Wildman–Crippen MR) is 78.5 cm³/mol. The zero-order valence-electron chi connectivity index (χ0n) is 12.3. The van der Waals surface area contributed by atoms with Crippen molar-refractivity contribution in [3.63, 3.8) is 0 Å². The second kappa shape index (κ2) is 6.51. The van der Waals surface area contributed by atoms with Crippen molar-refractivity contribution < 1.29 is 4.39 Å². The summed E-state index contributed by atoms with van der Waals surface area (Å²) in [7, 11) is 0. The number of hydrogen-bond donors (Lipinski definition) is 1. The maximum Gasteiger partial charge on any atom is 0.123 e. The first-order chi connectivity index (χ1) is 9.11. The van der Waals surface area contributed by atoms with Gasteiger partial charge in [-0.25, -0.2) is 4.39 Å². The predicted octanol–water partition coefficient (Wildman–Crippen LogP) is 4.69. The van der Waals surface area contributed by atoms with Gasteiger partial charge < -0.3 is 5.32 Å². The summed E-state index contributed by atoms with van der Waals surface area (Å²) in [6.07, 6.45) is 4.99. The van der Waals surface area contributed by atoms with E-state index in [2.05, 4.69) is 26.1 Å².